The van der Waals surface area contributed by atoms with Crippen molar-refractivity contribution in [3.05, 3.63) is 196 Å². The minimum absolute atomic E-state index is 0. The Balaban J connectivity index is 0.000000296. The molecule has 36 nitrogen and oxygen atoms in total. The third-order valence-electron chi connectivity index (χ3n) is 9.94. The van der Waals surface area contributed by atoms with E-state index < -0.39 is 41.0 Å². The summed E-state index contributed by atoms with van der Waals surface area (Å²) < 4.78 is 150. The maximum atomic E-state index is 8.49. The van der Waals surface area contributed by atoms with Gasteiger partial charge in [-0.1, -0.05) is 0 Å². The van der Waals surface area contributed by atoms with Gasteiger partial charge in [-0.05, 0) is 122 Å². The van der Waals surface area contributed by atoms with Gasteiger partial charge < -0.3 is 0 Å². The van der Waals surface area contributed by atoms with E-state index >= 15 is 0 Å². The van der Waals surface area contributed by atoms with Crippen molar-refractivity contribution in [2.45, 2.75) is 19.6 Å². The molecule has 46 heteroatoms. The predicted octanol–water partition coefficient (Wildman–Crippen LogP) is -10.3. The van der Waals surface area contributed by atoms with Gasteiger partial charge >= 0.3 is 34.1 Å². The van der Waals surface area contributed by atoms with E-state index in [-0.39, 0.29) is 34.1 Å². The van der Waals surface area contributed by atoms with Gasteiger partial charge in [0.2, 0.25) is 0 Å². The fourth-order valence-corrected chi connectivity index (χ4v) is 8.34. The first-order chi connectivity index (χ1) is 43.5. The Morgan fingerprint density at radius 2 is 0.340 bits per heavy atom. The van der Waals surface area contributed by atoms with Gasteiger partial charge in [0.05, 0.1) is 0 Å². The molecule has 12 rings (SSSR count). The molecule has 500 valence electrons. The minimum Gasteiger partial charge on any atom is -0.223 e. The average molecular weight is 1540 g/mol. The van der Waals surface area contributed by atoms with Crippen LogP contribution in [0.2, 0.25) is 0 Å². The number of hydrogen-bond acceptors (Lipinski definition) is 32. The van der Waals surface area contributed by atoms with Crippen molar-refractivity contribution < 1.29 is 150 Å². The van der Waals surface area contributed by atoms with Crippen LogP contribution >= 0.6 is 47.0 Å². The van der Waals surface area contributed by atoms with Crippen molar-refractivity contribution in [3.8, 4) is 46.5 Å². The first-order valence-electron chi connectivity index (χ1n) is 24.2. The molecule has 0 bridgehead atoms. The van der Waals surface area contributed by atoms with E-state index in [4.69, 9.17) is 74.5 Å². The number of halogens is 4. The molecule has 0 radical (unpaired) electrons. The fraction of sp³-hybridized carbons (Fsp3) is 0.0833. The van der Waals surface area contributed by atoms with Crippen molar-refractivity contribution >= 4 is 47.0 Å². The summed E-state index contributed by atoms with van der Waals surface area (Å²) in [4.78, 5) is 22.7. The summed E-state index contributed by atoms with van der Waals surface area (Å²) in [7, 11) is -19.8. The SMILES string of the molecule is CSc1cc(-n2cccn2)nc(-n2cccn2)c1.CSc1cc(-n2cccn2)nc(-n2cccn2)c1.CSc1cc(-n2cccn2)nc(-n2cccn2)c1.CSc1cc(-n2cccn2)nc(-n2cccn2)c1.[Fe+2].[Fe+2].[O-][Cl+3]([O-])([O-])[O-].[O-][Cl+3]([O-])([O-])[O-].[O-][Cl+3]([O-])([O-])[O-].[O-][Cl+3]([O-])([O-])[O-]. The van der Waals surface area contributed by atoms with Crippen molar-refractivity contribution in [1.82, 2.24) is 98.2 Å². The second kappa shape index (κ2) is 39.9. The Morgan fingerprint density at radius 1 is 0.234 bits per heavy atom. The molecule has 0 aliphatic rings. The van der Waals surface area contributed by atoms with Gasteiger partial charge in [0.15, 0.2) is 46.5 Å². The van der Waals surface area contributed by atoms with Gasteiger partial charge in [0.1, 0.15) is 0 Å². The molecule has 0 N–H and O–H groups in total. The topological polar surface area (TPSA) is 563 Å². The molecule has 94 heavy (non-hydrogen) atoms. The third-order valence-corrected chi connectivity index (χ3v) is 12.8. The minimum atomic E-state index is -4.94. The molecule has 0 spiro atoms. The molecule has 0 amide bonds. The van der Waals surface area contributed by atoms with Crippen LogP contribution in [0.5, 0.6) is 0 Å². The Bertz CT molecular complexity index is 3210. The molecule has 0 aliphatic carbocycles. The van der Waals surface area contributed by atoms with E-state index in [1.54, 1.807) is 134 Å². The summed E-state index contributed by atoms with van der Waals surface area (Å²) in [6, 6.07) is 31.0. The summed E-state index contributed by atoms with van der Waals surface area (Å²) in [5.74, 6) is 6.31. The Labute approximate surface area is 578 Å². The third kappa shape index (κ3) is 32.1. The van der Waals surface area contributed by atoms with Crippen LogP contribution in [0.15, 0.2) is 216 Å². The van der Waals surface area contributed by atoms with Crippen LogP contribution < -0.4 is 74.5 Å². The molecular weight excluding hydrogens is 1490 g/mol. The molecule has 12 aromatic heterocycles. The number of nitrogens with zero attached hydrogens (tertiary/aromatic N) is 20. The zero-order chi connectivity index (χ0) is 67.5. The average Bonchev–Trinajstić information content (AvgIpc) is 1.32. The van der Waals surface area contributed by atoms with Gasteiger partial charge in [-0.2, -0.15) is 40.8 Å². The standard InChI is InChI=1S/4C12H11N5S.4ClHO4.2Fe/c4*1-18-10-8-11(16-6-2-4-13-16)15-12(9-10)17-7-3-5-14-17;4*2-1(3,4)5;;/h4*2-9H,1H3;4*(H,2,3,4,5);;/q;;;;;;;;2*+2/p-4. The predicted molar refractivity (Wildman–Crippen MR) is 281 cm³/mol. The van der Waals surface area contributed by atoms with Crippen molar-refractivity contribution in [2.24, 2.45) is 0 Å². The van der Waals surface area contributed by atoms with E-state index in [9.17, 15) is 0 Å². The summed E-state index contributed by atoms with van der Waals surface area (Å²) >= 11 is 6.68. The van der Waals surface area contributed by atoms with Gasteiger partial charge in [0, 0.05) is 119 Å². The Kier molecular flexibility index (Phi) is 34.6. The number of aromatic nitrogens is 20. The van der Waals surface area contributed by atoms with E-state index in [1.807, 2.05) is 172 Å². The molecule has 0 saturated carbocycles. The summed E-state index contributed by atoms with van der Waals surface area (Å²) in [5, 5.41) is 33.6. The molecule has 0 atom stereocenters. The molecule has 0 fully saturated rings. The van der Waals surface area contributed by atoms with Gasteiger partial charge in [0.25, 0.3) is 0 Å². The van der Waals surface area contributed by atoms with Crippen LogP contribution in [-0.4, -0.2) is 123 Å². The first kappa shape index (κ1) is 81.5. The smallest absolute Gasteiger partial charge is 0.223 e. The number of pyridine rings is 4. The van der Waals surface area contributed by atoms with Crippen molar-refractivity contribution in [1.29, 1.82) is 0 Å². The zero-order valence-electron chi connectivity index (χ0n) is 47.8. The van der Waals surface area contributed by atoms with Gasteiger partial charge in [-0.15, -0.1) is 88.0 Å². The van der Waals surface area contributed by atoms with E-state index in [1.165, 1.54) is 0 Å². The maximum absolute atomic E-state index is 8.49. The van der Waals surface area contributed by atoms with Gasteiger partial charge in [-0.25, -0.2) is 132 Å². The second-order valence-corrected chi connectivity index (χ2v) is 22.6. The van der Waals surface area contributed by atoms with E-state index in [2.05, 4.69) is 60.7 Å². The van der Waals surface area contributed by atoms with Gasteiger partial charge in [-0.3, -0.25) is 0 Å². The molecule has 12 heterocycles. The number of hydrogen-bond donors (Lipinski definition) is 0. The van der Waals surface area contributed by atoms with Crippen LogP contribution in [0.1, 0.15) is 0 Å². The van der Waals surface area contributed by atoms with Crippen LogP contribution in [0.4, 0.5) is 0 Å². The number of rotatable bonds is 12. The molecule has 0 aliphatic heterocycles. The molecule has 0 unspecified atom stereocenters. The maximum Gasteiger partial charge on any atom is 2.00 e. The van der Waals surface area contributed by atoms with Crippen LogP contribution in [0, 0.1) is 41.0 Å². The molecule has 0 saturated heterocycles. The summed E-state index contributed by atoms with van der Waals surface area (Å²) in [6.07, 6.45) is 37.0. The quantitative estimate of drug-likeness (QED) is 0.0809. The fourth-order valence-electron chi connectivity index (χ4n) is 6.56. The van der Waals surface area contributed by atoms with Crippen molar-refractivity contribution in [3.63, 3.8) is 0 Å². The molecular formula is C48H44Cl4Fe2N20O16S4. The molecule has 12 aromatic rings. The monoisotopic (exact) mass is 1540 g/mol. The summed E-state index contributed by atoms with van der Waals surface area (Å²) in [5.41, 5.74) is 0. The Hall–Kier alpha value is -6.76. The Morgan fingerprint density at radius 3 is 0.415 bits per heavy atom. The van der Waals surface area contributed by atoms with Crippen LogP contribution in [0.25, 0.3) is 46.5 Å². The number of thioether (sulfide) groups is 4. The first-order valence-corrected chi connectivity index (χ1v) is 34.0. The normalized spacial score (nSPS) is 10.8. The second-order valence-electron chi connectivity index (χ2n) is 16.0. The van der Waals surface area contributed by atoms with Crippen LogP contribution in [-0.2, 0) is 34.1 Å². The van der Waals surface area contributed by atoms with E-state index in [0.29, 0.717) is 0 Å². The zero-order valence-corrected chi connectivity index (χ0v) is 56.3. The largest absolute Gasteiger partial charge is 2.00 e. The van der Waals surface area contributed by atoms with Crippen molar-refractivity contribution in [2.75, 3.05) is 25.0 Å². The van der Waals surface area contributed by atoms with Crippen LogP contribution in [0.3, 0.4) is 0 Å². The summed E-state index contributed by atoms with van der Waals surface area (Å²) in [6.45, 7) is 0. The molecule has 0 aromatic carbocycles. The van der Waals surface area contributed by atoms with E-state index in [0.717, 1.165) is 66.1 Å².